The number of hydrogen-bond donors (Lipinski definition) is 1. The Labute approximate surface area is 114 Å². The van der Waals surface area contributed by atoms with Crippen LogP contribution in [0.25, 0.3) is 0 Å². The largest absolute Gasteiger partial charge is 0.313 e. The predicted octanol–water partition coefficient (Wildman–Crippen LogP) is 2.19. The Balaban J connectivity index is 2.43. The fraction of sp³-hybridized carbons (Fsp3) is 0.538. The Hall–Kier alpha value is -0.520. The third-order valence-electron chi connectivity index (χ3n) is 2.52. The standard InChI is InChI=1S/C13H21NO2S2/c1-3-14-12(9-10-18(2,15)16)11-17-13-7-5-4-6-8-13/h4-8,12,14H,3,9-11H2,1-2H3. The van der Waals surface area contributed by atoms with Crippen molar-refractivity contribution in [2.75, 3.05) is 24.3 Å². The minimum atomic E-state index is -2.87. The van der Waals surface area contributed by atoms with Gasteiger partial charge in [-0.15, -0.1) is 11.8 Å². The van der Waals surface area contributed by atoms with Gasteiger partial charge in [0.1, 0.15) is 9.84 Å². The molecule has 1 aromatic carbocycles. The molecule has 1 N–H and O–H groups in total. The molecular formula is C13H21NO2S2. The first-order valence-corrected chi connectivity index (χ1v) is 9.15. The summed E-state index contributed by atoms with van der Waals surface area (Å²) in [5.41, 5.74) is 0. The second-order valence-corrected chi connectivity index (χ2v) is 7.65. The molecule has 0 spiro atoms. The topological polar surface area (TPSA) is 46.2 Å². The third-order valence-corrected chi connectivity index (χ3v) is 4.68. The van der Waals surface area contributed by atoms with Crippen LogP contribution in [0.4, 0.5) is 0 Å². The van der Waals surface area contributed by atoms with Crippen LogP contribution in [0.15, 0.2) is 35.2 Å². The van der Waals surface area contributed by atoms with Crippen molar-refractivity contribution < 1.29 is 8.42 Å². The van der Waals surface area contributed by atoms with Gasteiger partial charge in [-0.1, -0.05) is 25.1 Å². The highest BCUT2D eigenvalue weighted by molar-refractivity contribution is 7.99. The maximum atomic E-state index is 11.2. The van der Waals surface area contributed by atoms with Crippen LogP contribution in [0.3, 0.4) is 0 Å². The summed E-state index contributed by atoms with van der Waals surface area (Å²) in [6, 6.07) is 10.4. The molecule has 0 saturated carbocycles. The van der Waals surface area contributed by atoms with E-state index in [9.17, 15) is 8.42 Å². The van der Waals surface area contributed by atoms with Gasteiger partial charge in [0.05, 0.1) is 5.75 Å². The highest BCUT2D eigenvalue weighted by Gasteiger charge is 2.11. The lowest BCUT2D eigenvalue weighted by Gasteiger charge is -2.16. The molecule has 0 amide bonds. The number of hydrogen-bond acceptors (Lipinski definition) is 4. The summed E-state index contributed by atoms with van der Waals surface area (Å²) < 4.78 is 22.4. The molecular weight excluding hydrogens is 266 g/mol. The SMILES string of the molecule is CCNC(CCS(C)(=O)=O)CSc1ccccc1. The molecule has 0 saturated heterocycles. The molecule has 102 valence electrons. The Morgan fingerprint density at radius 3 is 2.50 bits per heavy atom. The normalized spacial score (nSPS) is 13.4. The third kappa shape index (κ3) is 7.03. The van der Waals surface area contributed by atoms with Gasteiger partial charge in [-0.25, -0.2) is 8.42 Å². The maximum absolute atomic E-state index is 11.2. The molecule has 0 aliphatic carbocycles. The first-order chi connectivity index (χ1) is 8.51. The molecule has 0 aromatic heterocycles. The van der Waals surface area contributed by atoms with Crippen molar-refractivity contribution >= 4 is 21.6 Å². The van der Waals surface area contributed by atoms with Gasteiger partial charge in [-0.2, -0.15) is 0 Å². The van der Waals surface area contributed by atoms with Crippen molar-refractivity contribution in [1.29, 1.82) is 0 Å². The van der Waals surface area contributed by atoms with Crippen molar-refractivity contribution in [2.45, 2.75) is 24.3 Å². The Bertz CT molecular complexity index is 432. The molecule has 0 fully saturated rings. The van der Waals surface area contributed by atoms with Crippen molar-refractivity contribution in [3.63, 3.8) is 0 Å². The van der Waals surface area contributed by atoms with Crippen LogP contribution in [0.1, 0.15) is 13.3 Å². The summed E-state index contributed by atoms with van der Waals surface area (Å²) in [5, 5.41) is 3.34. The van der Waals surface area contributed by atoms with Crippen LogP contribution in [0.5, 0.6) is 0 Å². The molecule has 0 aliphatic rings. The highest BCUT2D eigenvalue weighted by Crippen LogP contribution is 2.18. The maximum Gasteiger partial charge on any atom is 0.147 e. The van der Waals surface area contributed by atoms with E-state index in [0.717, 1.165) is 12.3 Å². The zero-order valence-electron chi connectivity index (χ0n) is 10.9. The molecule has 5 heteroatoms. The Morgan fingerprint density at radius 1 is 1.28 bits per heavy atom. The molecule has 0 radical (unpaired) electrons. The van der Waals surface area contributed by atoms with E-state index in [2.05, 4.69) is 17.4 Å². The monoisotopic (exact) mass is 287 g/mol. The van der Waals surface area contributed by atoms with Crippen LogP contribution in [0.2, 0.25) is 0 Å². The molecule has 0 aliphatic heterocycles. The zero-order valence-corrected chi connectivity index (χ0v) is 12.6. The molecule has 18 heavy (non-hydrogen) atoms. The smallest absolute Gasteiger partial charge is 0.147 e. The number of benzene rings is 1. The molecule has 1 atom stereocenters. The van der Waals surface area contributed by atoms with Gasteiger partial charge >= 0.3 is 0 Å². The van der Waals surface area contributed by atoms with E-state index in [1.54, 1.807) is 11.8 Å². The minimum absolute atomic E-state index is 0.245. The number of nitrogens with one attached hydrogen (secondary N) is 1. The van der Waals surface area contributed by atoms with Gasteiger partial charge in [0.2, 0.25) is 0 Å². The van der Waals surface area contributed by atoms with Crippen LogP contribution in [-0.2, 0) is 9.84 Å². The lowest BCUT2D eigenvalue weighted by molar-refractivity contribution is 0.548. The van der Waals surface area contributed by atoms with E-state index >= 15 is 0 Å². The highest BCUT2D eigenvalue weighted by atomic mass is 32.2. The van der Waals surface area contributed by atoms with Gasteiger partial charge in [-0.3, -0.25) is 0 Å². The summed E-state index contributed by atoms with van der Waals surface area (Å²) in [6.07, 6.45) is 1.97. The zero-order chi connectivity index (χ0) is 13.4. The van der Waals surface area contributed by atoms with Gasteiger partial charge in [0.25, 0.3) is 0 Å². The van der Waals surface area contributed by atoms with E-state index in [1.165, 1.54) is 11.2 Å². The lowest BCUT2D eigenvalue weighted by atomic mass is 10.2. The molecule has 1 aromatic rings. The summed E-state index contributed by atoms with van der Waals surface area (Å²) in [4.78, 5) is 1.22. The van der Waals surface area contributed by atoms with E-state index in [-0.39, 0.29) is 11.8 Å². The van der Waals surface area contributed by atoms with Gasteiger partial charge in [-0.05, 0) is 25.1 Å². The van der Waals surface area contributed by atoms with E-state index in [0.29, 0.717) is 6.42 Å². The summed E-state index contributed by atoms with van der Waals surface area (Å²) in [5.74, 6) is 1.15. The first kappa shape index (κ1) is 15.5. The van der Waals surface area contributed by atoms with Crippen molar-refractivity contribution in [3.8, 4) is 0 Å². The number of rotatable bonds is 8. The molecule has 0 heterocycles. The number of sulfone groups is 1. The Kier molecular flexibility index (Phi) is 6.75. The molecule has 1 unspecified atom stereocenters. The Morgan fingerprint density at radius 2 is 1.94 bits per heavy atom. The average Bonchev–Trinajstić information content (AvgIpc) is 2.33. The van der Waals surface area contributed by atoms with E-state index < -0.39 is 9.84 Å². The molecule has 1 rings (SSSR count). The van der Waals surface area contributed by atoms with Crippen LogP contribution in [0, 0.1) is 0 Å². The fourth-order valence-electron chi connectivity index (χ4n) is 1.60. The van der Waals surface area contributed by atoms with Crippen molar-refractivity contribution in [2.24, 2.45) is 0 Å². The summed E-state index contributed by atoms with van der Waals surface area (Å²) in [6.45, 7) is 2.91. The van der Waals surface area contributed by atoms with E-state index in [1.807, 2.05) is 25.1 Å². The van der Waals surface area contributed by atoms with Crippen LogP contribution in [-0.4, -0.2) is 38.8 Å². The number of thioether (sulfide) groups is 1. The van der Waals surface area contributed by atoms with Crippen molar-refractivity contribution in [3.05, 3.63) is 30.3 Å². The van der Waals surface area contributed by atoms with E-state index in [4.69, 9.17) is 0 Å². The quantitative estimate of drug-likeness (QED) is 0.745. The fourth-order valence-corrected chi connectivity index (χ4v) is 3.34. The average molecular weight is 287 g/mol. The van der Waals surface area contributed by atoms with Gasteiger partial charge < -0.3 is 5.32 Å². The van der Waals surface area contributed by atoms with Gasteiger partial charge in [0.15, 0.2) is 0 Å². The minimum Gasteiger partial charge on any atom is -0.313 e. The second kappa shape index (κ2) is 7.81. The van der Waals surface area contributed by atoms with Crippen LogP contribution >= 0.6 is 11.8 Å². The van der Waals surface area contributed by atoms with Crippen LogP contribution < -0.4 is 5.32 Å². The molecule has 3 nitrogen and oxygen atoms in total. The lowest BCUT2D eigenvalue weighted by Crippen LogP contribution is -2.33. The van der Waals surface area contributed by atoms with Gasteiger partial charge in [0, 0.05) is 22.9 Å². The molecule has 0 bridgehead atoms. The van der Waals surface area contributed by atoms with Crippen molar-refractivity contribution in [1.82, 2.24) is 5.32 Å². The first-order valence-electron chi connectivity index (χ1n) is 6.10. The summed E-state index contributed by atoms with van der Waals surface area (Å²) >= 11 is 1.76. The second-order valence-electron chi connectivity index (χ2n) is 4.30. The predicted molar refractivity (Wildman–Crippen MR) is 79.0 cm³/mol. The summed E-state index contributed by atoms with van der Waals surface area (Å²) in [7, 11) is -2.87.